The molecule has 1 fully saturated rings. The number of methoxy groups -OCH3 is 1. The summed E-state index contributed by atoms with van der Waals surface area (Å²) in [7, 11) is 3.49. The minimum atomic E-state index is -0.177. The van der Waals surface area contributed by atoms with Crippen LogP contribution in [0.5, 0.6) is 0 Å². The number of anilines is 2. The van der Waals surface area contributed by atoms with Gasteiger partial charge < -0.3 is 15.0 Å². The molecule has 4 heteroatoms. The predicted molar refractivity (Wildman–Crippen MR) is 63.6 cm³/mol. The molecule has 0 saturated carbocycles. The zero-order chi connectivity index (χ0) is 11.5. The van der Waals surface area contributed by atoms with Gasteiger partial charge in [0.05, 0.1) is 11.8 Å². The lowest BCUT2D eigenvalue weighted by Gasteiger charge is -2.19. The Bertz CT molecular complexity index is 370. The molecular weight excluding hydrogens is 207 g/mol. The summed E-state index contributed by atoms with van der Waals surface area (Å²) in [6, 6.07) is 5.23. The maximum atomic E-state index is 13.8. The third-order valence-corrected chi connectivity index (χ3v) is 3.06. The first-order valence-electron chi connectivity index (χ1n) is 5.49. The van der Waals surface area contributed by atoms with Crippen molar-refractivity contribution in [3.05, 3.63) is 24.0 Å². The molecule has 1 saturated heterocycles. The second kappa shape index (κ2) is 4.70. The number of nitrogens with zero attached hydrogens (tertiary/aromatic N) is 1. The van der Waals surface area contributed by atoms with E-state index in [-0.39, 0.29) is 11.9 Å². The van der Waals surface area contributed by atoms with Crippen molar-refractivity contribution < 1.29 is 9.13 Å². The number of halogens is 1. The van der Waals surface area contributed by atoms with Crippen LogP contribution < -0.4 is 10.2 Å². The molecule has 1 aliphatic heterocycles. The number of ether oxygens (including phenoxy) is 1. The average molecular weight is 224 g/mol. The largest absolute Gasteiger partial charge is 0.388 e. The van der Waals surface area contributed by atoms with E-state index in [1.54, 1.807) is 14.2 Å². The van der Waals surface area contributed by atoms with E-state index < -0.39 is 0 Å². The van der Waals surface area contributed by atoms with E-state index >= 15 is 0 Å². The lowest BCUT2D eigenvalue weighted by atomic mass is 10.2. The minimum Gasteiger partial charge on any atom is -0.388 e. The van der Waals surface area contributed by atoms with Crippen LogP contribution in [0.15, 0.2) is 18.2 Å². The van der Waals surface area contributed by atoms with Gasteiger partial charge >= 0.3 is 0 Å². The molecule has 2 rings (SSSR count). The Morgan fingerprint density at radius 1 is 1.50 bits per heavy atom. The third kappa shape index (κ3) is 2.11. The van der Waals surface area contributed by atoms with Crippen LogP contribution in [0.1, 0.15) is 6.42 Å². The van der Waals surface area contributed by atoms with Crippen molar-refractivity contribution in [3.63, 3.8) is 0 Å². The van der Waals surface area contributed by atoms with Crippen LogP contribution in [-0.4, -0.2) is 33.4 Å². The van der Waals surface area contributed by atoms with Crippen LogP contribution in [0, 0.1) is 5.82 Å². The van der Waals surface area contributed by atoms with Gasteiger partial charge in [0, 0.05) is 32.9 Å². The molecule has 1 aliphatic rings. The first kappa shape index (κ1) is 11.2. The fraction of sp³-hybridized carbons (Fsp3) is 0.500. The molecule has 1 heterocycles. The van der Waals surface area contributed by atoms with Crippen molar-refractivity contribution in [2.75, 3.05) is 37.5 Å². The molecule has 1 N–H and O–H groups in total. The molecule has 0 radical (unpaired) electrons. The number of hydrogen-bond donors (Lipinski definition) is 1. The zero-order valence-corrected chi connectivity index (χ0v) is 9.66. The molecule has 1 aromatic rings. The van der Waals surface area contributed by atoms with Crippen LogP contribution in [0.25, 0.3) is 0 Å². The maximum Gasteiger partial charge on any atom is 0.148 e. The second-order valence-corrected chi connectivity index (χ2v) is 4.01. The van der Waals surface area contributed by atoms with Crippen LogP contribution in [-0.2, 0) is 4.74 Å². The van der Waals surface area contributed by atoms with Gasteiger partial charge in [0.1, 0.15) is 5.82 Å². The molecule has 1 atom stereocenters. The summed E-state index contributed by atoms with van der Waals surface area (Å²) in [6.45, 7) is 1.63. The molecule has 0 aromatic heterocycles. The van der Waals surface area contributed by atoms with Crippen molar-refractivity contribution in [2.24, 2.45) is 0 Å². The van der Waals surface area contributed by atoms with Crippen LogP contribution in [0.2, 0.25) is 0 Å². The molecule has 0 bridgehead atoms. The third-order valence-electron chi connectivity index (χ3n) is 3.06. The van der Waals surface area contributed by atoms with E-state index in [9.17, 15) is 4.39 Å². The van der Waals surface area contributed by atoms with E-state index in [2.05, 4.69) is 5.32 Å². The predicted octanol–water partition coefficient (Wildman–Crippen LogP) is 2.09. The van der Waals surface area contributed by atoms with Gasteiger partial charge in [-0.3, -0.25) is 0 Å². The second-order valence-electron chi connectivity index (χ2n) is 4.01. The highest BCUT2D eigenvalue weighted by Gasteiger charge is 2.24. The van der Waals surface area contributed by atoms with Crippen LogP contribution in [0.4, 0.5) is 15.8 Å². The molecular formula is C12H17FN2O. The average Bonchev–Trinajstić information content (AvgIpc) is 2.77. The monoisotopic (exact) mass is 224 g/mol. The highest BCUT2D eigenvalue weighted by atomic mass is 19.1. The smallest absolute Gasteiger partial charge is 0.148 e. The Kier molecular flexibility index (Phi) is 3.29. The summed E-state index contributed by atoms with van der Waals surface area (Å²) in [4.78, 5) is 2.03. The SMILES string of the molecule is CNc1ccc(N2CCC(OC)C2)c(F)c1. The molecule has 16 heavy (non-hydrogen) atoms. The fourth-order valence-corrected chi connectivity index (χ4v) is 2.06. The van der Waals surface area contributed by atoms with Crippen molar-refractivity contribution >= 4 is 11.4 Å². The van der Waals surface area contributed by atoms with E-state index in [0.717, 1.165) is 25.2 Å². The van der Waals surface area contributed by atoms with Crippen molar-refractivity contribution in [1.82, 2.24) is 0 Å². The van der Waals surface area contributed by atoms with E-state index in [1.165, 1.54) is 6.07 Å². The highest BCUT2D eigenvalue weighted by molar-refractivity contribution is 5.56. The normalized spacial score (nSPS) is 20.2. The van der Waals surface area contributed by atoms with Crippen molar-refractivity contribution in [2.45, 2.75) is 12.5 Å². The summed E-state index contributed by atoms with van der Waals surface area (Å²) in [6.07, 6.45) is 1.19. The Hall–Kier alpha value is -1.29. The summed E-state index contributed by atoms with van der Waals surface area (Å²) in [5.74, 6) is -0.177. The first-order chi connectivity index (χ1) is 7.74. The van der Waals surface area contributed by atoms with Crippen molar-refractivity contribution in [1.29, 1.82) is 0 Å². The maximum absolute atomic E-state index is 13.8. The van der Waals surface area contributed by atoms with Gasteiger partial charge in [-0.25, -0.2) is 4.39 Å². The molecule has 0 aliphatic carbocycles. The Morgan fingerprint density at radius 2 is 2.31 bits per heavy atom. The summed E-state index contributed by atoms with van der Waals surface area (Å²) in [5.41, 5.74) is 1.46. The van der Waals surface area contributed by atoms with E-state index in [4.69, 9.17) is 4.74 Å². The quantitative estimate of drug-likeness (QED) is 0.851. The van der Waals surface area contributed by atoms with E-state index in [0.29, 0.717) is 5.69 Å². The number of rotatable bonds is 3. The van der Waals surface area contributed by atoms with Gasteiger partial charge in [-0.15, -0.1) is 0 Å². The van der Waals surface area contributed by atoms with Crippen LogP contribution in [0.3, 0.4) is 0 Å². The molecule has 1 unspecified atom stereocenters. The lowest BCUT2D eigenvalue weighted by Crippen LogP contribution is -2.23. The lowest BCUT2D eigenvalue weighted by molar-refractivity contribution is 0.121. The molecule has 0 amide bonds. The van der Waals surface area contributed by atoms with Crippen molar-refractivity contribution in [3.8, 4) is 0 Å². The summed E-state index contributed by atoms with van der Waals surface area (Å²) < 4.78 is 19.1. The van der Waals surface area contributed by atoms with Crippen LogP contribution >= 0.6 is 0 Å². The van der Waals surface area contributed by atoms with Gasteiger partial charge in [0.2, 0.25) is 0 Å². The number of nitrogens with one attached hydrogen (secondary N) is 1. The Morgan fingerprint density at radius 3 is 2.88 bits per heavy atom. The Labute approximate surface area is 95.2 Å². The molecule has 0 spiro atoms. The zero-order valence-electron chi connectivity index (χ0n) is 9.66. The molecule has 3 nitrogen and oxygen atoms in total. The Balaban J connectivity index is 2.15. The summed E-state index contributed by atoms with van der Waals surface area (Å²) >= 11 is 0. The first-order valence-corrected chi connectivity index (χ1v) is 5.49. The van der Waals surface area contributed by atoms with Gasteiger partial charge in [-0.2, -0.15) is 0 Å². The number of hydrogen-bond acceptors (Lipinski definition) is 3. The van der Waals surface area contributed by atoms with Gasteiger partial charge in [0.15, 0.2) is 0 Å². The summed E-state index contributed by atoms with van der Waals surface area (Å²) in [5, 5.41) is 2.92. The van der Waals surface area contributed by atoms with Gasteiger partial charge in [-0.05, 0) is 24.6 Å². The van der Waals surface area contributed by atoms with Gasteiger partial charge in [0.25, 0.3) is 0 Å². The van der Waals surface area contributed by atoms with E-state index in [1.807, 2.05) is 17.0 Å². The topological polar surface area (TPSA) is 24.5 Å². The standard InChI is InChI=1S/C12H17FN2O/c1-14-9-3-4-12(11(13)7-9)15-6-5-10(8-15)16-2/h3-4,7,10,14H,5-6,8H2,1-2H3. The highest BCUT2D eigenvalue weighted by Crippen LogP contribution is 2.26. The van der Waals surface area contributed by atoms with Gasteiger partial charge in [-0.1, -0.05) is 0 Å². The molecule has 88 valence electrons. The molecule has 1 aromatic carbocycles. The minimum absolute atomic E-state index is 0.177. The fourth-order valence-electron chi connectivity index (χ4n) is 2.06. The number of benzene rings is 1.